The summed E-state index contributed by atoms with van der Waals surface area (Å²) in [7, 11) is 0. The van der Waals surface area contributed by atoms with Gasteiger partial charge in [-0.25, -0.2) is 0 Å². The summed E-state index contributed by atoms with van der Waals surface area (Å²) in [6.07, 6.45) is 3.12. The van der Waals surface area contributed by atoms with E-state index < -0.39 is 0 Å². The molecule has 0 aliphatic carbocycles. The minimum Gasteiger partial charge on any atom is -0.451 e. The summed E-state index contributed by atoms with van der Waals surface area (Å²) in [5.41, 5.74) is 2.93. The zero-order valence-corrected chi connectivity index (χ0v) is 11.5. The minimum absolute atomic E-state index is 0.141. The van der Waals surface area contributed by atoms with E-state index in [1.165, 1.54) is 5.57 Å². The molecule has 0 atom stereocenters. The lowest BCUT2D eigenvalue weighted by Crippen LogP contribution is -2.29. The Kier molecular flexibility index (Phi) is 3.56. The van der Waals surface area contributed by atoms with Crippen LogP contribution in [0.1, 0.15) is 22.5 Å². The van der Waals surface area contributed by atoms with Gasteiger partial charge in [-0.05, 0) is 26.0 Å². The Morgan fingerprint density at radius 1 is 1.40 bits per heavy atom. The highest BCUT2D eigenvalue weighted by molar-refractivity contribution is 5.98. The van der Waals surface area contributed by atoms with Crippen molar-refractivity contribution < 1.29 is 9.21 Å². The third kappa shape index (κ3) is 2.47. The molecule has 1 aliphatic rings. The minimum atomic E-state index is -0.141. The van der Waals surface area contributed by atoms with Crippen LogP contribution in [0.2, 0.25) is 0 Å². The van der Waals surface area contributed by atoms with Crippen molar-refractivity contribution in [3.63, 3.8) is 0 Å². The fourth-order valence-electron chi connectivity index (χ4n) is 2.50. The number of hydrogen-bond donors (Lipinski definition) is 2. The van der Waals surface area contributed by atoms with Gasteiger partial charge in [-0.15, -0.1) is 0 Å². The molecule has 0 bridgehead atoms. The van der Waals surface area contributed by atoms with Gasteiger partial charge in [0.2, 0.25) is 0 Å². The van der Waals surface area contributed by atoms with Gasteiger partial charge in [0.15, 0.2) is 5.76 Å². The lowest BCUT2D eigenvalue weighted by Gasteiger charge is -2.14. The van der Waals surface area contributed by atoms with Crippen LogP contribution in [0, 0.1) is 6.92 Å². The van der Waals surface area contributed by atoms with Gasteiger partial charge in [-0.3, -0.25) is 4.79 Å². The first-order chi connectivity index (χ1) is 9.75. The Labute approximate surface area is 117 Å². The highest BCUT2D eigenvalue weighted by Gasteiger charge is 2.17. The molecule has 104 valence electrons. The van der Waals surface area contributed by atoms with E-state index in [0.29, 0.717) is 12.3 Å². The van der Waals surface area contributed by atoms with E-state index in [9.17, 15) is 4.79 Å². The third-order valence-electron chi connectivity index (χ3n) is 3.68. The van der Waals surface area contributed by atoms with Crippen LogP contribution in [-0.2, 0) is 0 Å². The maximum atomic E-state index is 12.2. The molecular formula is C16H18N2O2. The number of carbonyl (C=O) groups excluding carboxylic acids is 1. The summed E-state index contributed by atoms with van der Waals surface area (Å²) >= 11 is 0. The van der Waals surface area contributed by atoms with Gasteiger partial charge in [0.25, 0.3) is 5.91 Å². The van der Waals surface area contributed by atoms with Crippen molar-refractivity contribution in [2.24, 2.45) is 0 Å². The molecule has 0 saturated heterocycles. The van der Waals surface area contributed by atoms with Gasteiger partial charge < -0.3 is 15.1 Å². The lowest BCUT2D eigenvalue weighted by atomic mass is 10.1. The zero-order chi connectivity index (χ0) is 13.9. The fourth-order valence-corrected chi connectivity index (χ4v) is 2.50. The number of benzene rings is 1. The van der Waals surface area contributed by atoms with E-state index in [4.69, 9.17) is 4.42 Å². The highest BCUT2D eigenvalue weighted by atomic mass is 16.3. The Bertz CT molecular complexity index is 670. The molecule has 20 heavy (non-hydrogen) atoms. The van der Waals surface area contributed by atoms with E-state index in [2.05, 4.69) is 16.7 Å². The van der Waals surface area contributed by atoms with E-state index in [-0.39, 0.29) is 5.91 Å². The second-order valence-electron chi connectivity index (χ2n) is 5.05. The van der Waals surface area contributed by atoms with Crippen molar-refractivity contribution in [1.82, 2.24) is 10.6 Å². The molecule has 2 aromatic rings. The molecular weight excluding hydrogens is 252 g/mol. The van der Waals surface area contributed by atoms with Crippen molar-refractivity contribution in [3.8, 4) is 0 Å². The molecule has 4 heteroatoms. The number of rotatable bonds is 3. The maximum absolute atomic E-state index is 12.2. The van der Waals surface area contributed by atoms with Crippen molar-refractivity contribution in [1.29, 1.82) is 0 Å². The number of para-hydroxylation sites is 1. The Hall–Kier alpha value is -2.07. The highest BCUT2D eigenvalue weighted by Crippen LogP contribution is 2.24. The molecule has 2 heterocycles. The molecule has 1 amide bonds. The van der Waals surface area contributed by atoms with Crippen molar-refractivity contribution in [2.45, 2.75) is 13.3 Å². The average Bonchev–Trinajstić information content (AvgIpc) is 2.84. The average molecular weight is 270 g/mol. The smallest absolute Gasteiger partial charge is 0.287 e. The predicted molar refractivity (Wildman–Crippen MR) is 78.9 cm³/mol. The van der Waals surface area contributed by atoms with Gasteiger partial charge in [-0.2, -0.15) is 0 Å². The van der Waals surface area contributed by atoms with Gasteiger partial charge >= 0.3 is 0 Å². The number of nitrogens with one attached hydrogen (secondary N) is 2. The molecule has 1 aromatic heterocycles. The van der Waals surface area contributed by atoms with E-state index in [1.54, 1.807) is 0 Å². The van der Waals surface area contributed by atoms with Crippen LogP contribution in [0.25, 0.3) is 11.0 Å². The predicted octanol–water partition coefficient (Wildman–Crippen LogP) is 2.39. The van der Waals surface area contributed by atoms with Crippen LogP contribution in [0.5, 0.6) is 0 Å². The maximum Gasteiger partial charge on any atom is 0.287 e. The summed E-state index contributed by atoms with van der Waals surface area (Å²) < 4.78 is 5.66. The largest absolute Gasteiger partial charge is 0.451 e. The van der Waals surface area contributed by atoms with Gasteiger partial charge in [0.05, 0.1) is 0 Å². The molecule has 0 spiro atoms. The van der Waals surface area contributed by atoms with Crippen LogP contribution in [-0.4, -0.2) is 25.5 Å². The Morgan fingerprint density at radius 3 is 3.00 bits per heavy atom. The SMILES string of the molecule is Cc1c(C(=O)NCC2=CCNCC2)oc2ccccc12. The van der Waals surface area contributed by atoms with Gasteiger partial charge in [-0.1, -0.05) is 29.8 Å². The normalized spacial score (nSPS) is 15.2. The topological polar surface area (TPSA) is 54.3 Å². The van der Waals surface area contributed by atoms with E-state index in [1.807, 2.05) is 31.2 Å². The first-order valence-electron chi connectivity index (χ1n) is 6.90. The Balaban J connectivity index is 1.75. The number of fused-ring (bicyclic) bond motifs is 1. The third-order valence-corrected chi connectivity index (χ3v) is 3.68. The molecule has 1 aromatic carbocycles. The zero-order valence-electron chi connectivity index (χ0n) is 11.5. The standard InChI is InChI=1S/C16H18N2O2/c1-11-13-4-2-3-5-14(13)20-15(11)16(19)18-10-12-6-8-17-9-7-12/h2-6,17H,7-10H2,1H3,(H,18,19). The van der Waals surface area contributed by atoms with Crippen LogP contribution in [0.3, 0.4) is 0 Å². The second-order valence-corrected chi connectivity index (χ2v) is 5.05. The molecule has 2 N–H and O–H groups in total. The molecule has 4 nitrogen and oxygen atoms in total. The van der Waals surface area contributed by atoms with Crippen molar-refractivity contribution in [3.05, 3.63) is 47.2 Å². The summed E-state index contributed by atoms with van der Waals surface area (Å²) in [6.45, 7) is 4.38. The second kappa shape index (κ2) is 5.51. The summed E-state index contributed by atoms with van der Waals surface area (Å²) in [6, 6.07) is 7.72. The molecule has 0 unspecified atom stereocenters. The van der Waals surface area contributed by atoms with Crippen LogP contribution in [0.4, 0.5) is 0 Å². The number of furan rings is 1. The van der Waals surface area contributed by atoms with Crippen LogP contribution >= 0.6 is 0 Å². The Morgan fingerprint density at radius 2 is 2.25 bits per heavy atom. The molecule has 0 fully saturated rings. The number of aryl methyl sites for hydroxylation is 1. The van der Waals surface area contributed by atoms with E-state index in [0.717, 1.165) is 36.0 Å². The van der Waals surface area contributed by atoms with Crippen molar-refractivity contribution >= 4 is 16.9 Å². The lowest BCUT2D eigenvalue weighted by molar-refractivity contribution is 0.0930. The van der Waals surface area contributed by atoms with Crippen LogP contribution < -0.4 is 10.6 Å². The number of amides is 1. The monoisotopic (exact) mass is 270 g/mol. The number of hydrogen-bond acceptors (Lipinski definition) is 3. The molecule has 3 rings (SSSR count). The first kappa shape index (κ1) is 12.9. The molecule has 0 saturated carbocycles. The van der Waals surface area contributed by atoms with Gasteiger partial charge in [0.1, 0.15) is 5.58 Å². The molecule has 1 aliphatic heterocycles. The fraction of sp³-hybridized carbons (Fsp3) is 0.312. The first-order valence-corrected chi connectivity index (χ1v) is 6.90. The summed E-state index contributed by atoms with van der Waals surface area (Å²) in [5.74, 6) is 0.277. The quantitative estimate of drug-likeness (QED) is 0.842. The van der Waals surface area contributed by atoms with Crippen LogP contribution in [0.15, 0.2) is 40.3 Å². The summed E-state index contributed by atoms with van der Waals surface area (Å²) in [5, 5.41) is 7.19. The van der Waals surface area contributed by atoms with Crippen molar-refractivity contribution in [2.75, 3.05) is 19.6 Å². The van der Waals surface area contributed by atoms with E-state index >= 15 is 0 Å². The summed E-state index contributed by atoms with van der Waals surface area (Å²) in [4.78, 5) is 12.2. The van der Waals surface area contributed by atoms with Gasteiger partial charge in [0, 0.05) is 24.0 Å². The molecule has 0 radical (unpaired) electrons. The number of carbonyl (C=O) groups is 1.